The second kappa shape index (κ2) is 5.21. The van der Waals surface area contributed by atoms with Crippen LogP contribution < -0.4 is 4.74 Å². The van der Waals surface area contributed by atoms with Crippen LogP contribution in [0.25, 0.3) is 0 Å². The van der Waals surface area contributed by atoms with Gasteiger partial charge in [0.1, 0.15) is 5.75 Å². The number of benzene rings is 1. The lowest BCUT2D eigenvalue weighted by Gasteiger charge is -2.20. The van der Waals surface area contributed by atoms with Crippen LogP contribution in [0.5, 0.6) is 5.75 Å². The van der Waals surface area contributed by atoms with Crippen molar-refractivity contribution >= 4 is 5.97 Å². The molecule has 1 atom stereocenters. The van der Waals surface area contributed by atoms with E-state index < -0.39 is 11.9 Å². The molecule has 0 radical (unpaired) electrons. The molecule has 1 aromatic carbocycles. The number of carboxylic acids is 1. The Balaban J connectivity index is 3.36. The van der Waals surface area contributed by atoms with Crippen LogP contribution in [-0.2, 0) is 4.79 Å². The van der Waals surface area contributed by atoms with Crippen LogP contribution in [-0.4, -0.2) is 18.2 Å². The summed E-state index contributed by atoms with van der Waals surface area (Å²) in [6, 6.07) is 3.83. The summed E-state index contributed by atoms with van der Waals surface area (Å²) in [6.45, 7) is 7.80. The van der Waals surface area contributed by atoms with E-state index in [1.54, 1.807) is 7.11 Å². The molecule has 0 heterocycles. The van der Waals surface area contributed by atoms with Gasteiger partial charge in [0.05, 0.1) is 13.0 Å². The maximum atomic E-state index is 11.4. The van der Waals surface area contributed by atoms with Crippen molar-refractivity contribution in [3.8, 4) is 5.75 Å². The van der Waals surface area contributed by atoms with E-state index in [0.29, 0.717) is 5.75 Å². The molecule has 3 heteroatoms. The van der Waals surface area contributed by atoms with Crippen LogP contribution in [0.4, 0.5) is 0 Å². The van der Waals surface area contributed by atoms with Gasteiger partial charge in [-0.05, 0) is 37.0 Å². The lowest BCUT2D eigenvalue weighted by molar-refractivity contribution is -0.139. The third-order valence-electron chi connectivity index (χ3n) is 3.11. The maximum Gasteiger partial charge on any atom is 0.311 e. The van der Waals surface area contributed by atoms with Crippen LogP contribution in [0, 0.1) is 19.8 Å². The van der Waals surface area contributed by atoms with Crippen molar-refractivity contribution in [1.82, 2.24) is 0 Å². The number of hydrogen-bond acceptors (Lipinski definition) is 2. The summed E-state index contributed by atoms with van der Waals surface area (Å²) in [5, 5.41) is 9.32. The molecule has 3 nitrogen and oxygen atoms in total. The molecule has 0 amide bonds. The number of carboxylic acid groups (broad SMARTS) is 1. The summed E-state index contributed by atoms with van der Waals surface area (Å²) < 4.78 is 5.30. The molecular weight excluding hydrogens is 216 g/mol. The molecule has 94 valence electrons. The van der Waals surface area contributed by atoms with Gasteiger partial charge in [-0.1, -0.05) is 19.9 Å². The van der Waals surface area contributed by atoms with E-state index in [0.717, 1.165) is 16.7 Å². The highest BCUT2D eigenvalue weighted by atomic mass is 16.5. The number of hydrogen-bond donors (Lipinski definition) is 1. The van der Waals surface area contributed by atoms with Crippen LogP contribution in [0.3, 0.4) is 0 Å². The Morgan fingerprint density at radius 3 is 2.18 bits per heavy atom. The molecule has 1 rings (SSSR count). The molecule has 0 aliphatic heterocycles. The first kappa shape index (κ1) is 13.6. The summed E-state index contributed by atoms with van der Waals surface area (Å²) in [6.07, 6.45) is 0. The standard InChI is InChI=1S/C14H20O3/c1-8(2)13(14(15)16)11-6-9(3)10(4)7-12(11)17-5/h6-8,13H,1-5H3,(H,15,16). The molecule has 1 aromatic rings. The van der Waals surface area contributed by atoms with Crippen molar-refractivity contribution in [2.45, 2.75) is 33.6 Å². The summed E-state index contributed by atoms with van der Waals surface area (Å²) in [7, 11) is 1.58. The number of aliphatic carboxylic acids is 1. The quantitative estimate of drug-likeness (QED) is 0.873. The fraction of sp³-hybridized carbons (Fsp3) is 0.500. The van der Waals surface area contributed by atoms with Crippen LogP contribution in [0.2, 0.25) is 0 Å². The van der Waals surface area contributed by atoms with Crippen molar-refractivity contribution in [2.24, 2.45) is 5.92 Å². The number of carbonyl (C=O) groups is 1. The van der Waals surface area contributed by atoms with E-state index in [1.165, 1.54) is 0 Å². The molecule has 1 unspecified atom stereocenters. The lowest BCUT2D eigenvalue weighted by atomic mass is 9.86. The van der Waals surface area contributed by atoms with Crippen molar-refractivity contribution in [2.75, 3.05) is 7.11 Å². The Morgan fingerprint density at radius 1 is 1.24 bits per heavy atom. The lowest BCUT2D eigenvalue weighted by Crippen LogP contribution is -2.18. The summed E-state index contributed by atoms with van der Waals surface area (Å²) in [5.74, 6) is -0.636. The Labute approximate surface area is 102 Å². The van der Waals surface area contributed by atoms with Crippen molar-refractivity contribution in [1.29, 1.82) is 0 Å². The van der Waals surface area contributed by atoms with Gasteiger partial charge in [0.25, 0.3) is 0 Å². The van der Waals surface area contributed by atoms with Gasteiger partial charge in [-0.15, -0.1) is 0 Å². The highest BCUT2D eigenvalue weighted by Gasteiger charge is 2.27. The summed E-state index contributed by atoms with van der Waals surface area (Å²) in [4.78, 5) is 11.4. The zero-order valence-electron chi connectivity index (χ0n) is 11.1. The first-order valence-corrected chi connectivity index (χ1v) is 5.76. The van der Waals surface area contributed by atoms with Gasteiger partial charge in [-0.25, -0.2) is 0 Å². The minimum Gasteiger partial charge on any atom is -0.496 e. The molecule has 0 fully saturated rings. The average Bonchev–Trinajstić information content (AvgIpc) is 2.22. The number of methoxy groups -OCH3 is 1. The van der Waals surface area contributed by atoms with E-state index >= 15 is 0 Å². The largest absolute Gasteiger partial charge is 0.496 e. The first-order valence-electron chi connectivity index (χ1n) is 5.76. The van der Waals surface area contributed by atoms with Gasteiger partial charge in [0.2, 0.25) is 0 Å². The van der Waals surface area contributed by atoms with Crippen molar-refractivity contribution in [3.05, 3.63) is 28.8 Å². The number of rotatable bonds is 4. The Bertz CT molecular complexity index is 422. The fourth-order valence-corrected chi connectivity index (χ4v) is 2.01. The zero-order chi connectivity index (χ0) is 13.2. The smallest absolute Gasteiger partial charge is 0.311 e. The highest BCUT2D eigenvalue weighted by Crippen LogP contribution is 2.34. The highest BCUT2D eigenvalue weighted by molar-refractivity contribution is 5.77. The molecule has 0 aliphatic rings. The molecule has 0 saturated carbocycles. The Kier molecular flexibility index (Phi) is 4.16. The normalized spacial score (nSPS) is 12.6. The number of aryl methyl sites for hydroxylation is 2. The SMILES string of the molecule is COc1cc(C)c(C)cc1C(C(=O)O)C(C)C. The second-order valence-electron chi connectivity index (χ2n) is 4.74. The average molecular weight is 236 g/mol. The molecule has 0 aliphatic carbocycles. The fourth-order valence-electron chi connectivity index (χ4n) is 2.01. The Hall–Kier alpha value is -1.51. The van der Waals surface area contributed by atoms with E-state index in [1.807, 2.05) is 39.8 Å². The van der Waals surface area contributed by atoms with Gasteiger partial charge >= 0.3 is 5.97 Å². The first-order chi connectivity index (χ1) is 7.88. The van der Waals surface area contributed by atoms with Gasteiger partial charge in [0.15, 0.2) is 0 Å². The van der Waals surface area contributed by atoms with Crippen LogP contribution >= 0.6 is 0 Å². The van der Waals surface area contributed by atoms with Gasteiger partial charge < -0.3 is 9.84 Å². The van der Waals surface area contributed by atoms with Crippen molar-refractivity contribution < 1.29 is 14.6 Å². The monoisotopic (exact) mass is 236 g/mol. The van der Waals surface area contributed by atoms with Crippen LogP contribution in [0.1, 0.15) is 36.5 Å². The van der Waals surface area contributed by atoms with Gasteiger partial charge in [-0.2, -0.15) is 0 Å². The zero-order valence-corrected chi connectivity index (χ0v) is 11.1. The molecule has 0 saturated heterocycles. The predicted octanol–water partition coefficient (Wildman–Crippen LogP) is 3.14. The topological polar surface area (TPSA) is 46.5 Å². The minimum atomic E-state index is -0.804. The van der Waals surface area contributed by atoms with Gasteiger partial charge in [0, 0.05) is 5.56 Å². The number of ether oxygens (including phenoxy) is 1. The third-order valence-corrected chi connectivity index (χ3v) is 3.11. The maximum absolute atomic E-state index is 11.4. The van der Waals surface area contributed by atoms with E-state index in [2.05, 4.69) is 0 Å². The molecule has 1 N–H and O–H groups in total. The molecule has 0 spiro atoms. The predicted molar refractivity (Wildman–Crippen MR) is 67.7 cm³/mol. The molecule has 17 heavy (non-hydrogen) atoms. The van der Waals surface area contributed by atoms with Crippen molar-refractivity contribution in [3.63, 3.8) is 0 Å². The van der Waals surface area contributed by atoms with E-state index in [4.69, 9.17) is 4.74 Å². The molecule has 0 bridgehead atoms. The molecule has 0 aromatic heterocycles. The molecular formula is C14H20O3. The Morgan fingerprint density at radius 2 is 1.76 bits per heavy atom. The van der Waals surface area contributed by atoms with E-state index in [9.17, 15) is 9.90 Å². The van der Waals surface area contributed by atoms with E-state index in [-0.39, 0.29) is 5.92 Å². The minimum absolute atomic E-state index is 0.0310. The summed E-state index contributed by atoms with van der Waals surface area (Å²) in [5.41, 5.74) is 2.96. The summed E-state index contributed by atoms with van der Waals surface area (Å²) >= 11 is 0. The van der Waals surface area contributed by atoms with Gasteiger partial charge in [-0.3, -0.25) is 4.79 Å². The third kappa shape index (κ3) is 2.78. The van der Waals surface area contributed by atoms with Crippen LogP contribution in [0.15, 0.2) is 12.1 Å². The second-order valence-corrected chi connectivity index (χ2v) is 4.74.